The van der Waals surface area contributed by atoms with Gasteiger partial charge in [-0.1, -0.05) is 19.8 Å². The van der Waals surface area contributed by atoms with E-state index in [1.807, 2.05) is 4.90 Å². The average Bonchev–Trinajstić information content (AvgIpc) is 3.10. The SMILES string of the molecule is CC[C@@]1(CCCCCC(=O)O)C[C@H](Nc2ncc(N3CCOCC3)cc2Cc2cc(C(F)(F)F)cc(C(F)(F)F)c2)c2nc(C(F)(F)F)ccc2N1C(=O)O. The van der Waals surface area contributed by atoms with Crippen LogP contribution in [0.3, 0.4) is 0 Å². The minimum absolute atomic E-state index is 0.00807. The van der Waals surface area contributed by atoms with Crippen LogP contribution in [0.4, 0.5) is 61.5 Å². The lowest BCUT2D eigenvalue weighted by Crippen LogP contribution is -2.56. The Balaban J connectivity index is 1.63. The van der Waals surface area contributed by atoms with Gasteiger partial charge >= 0.3 is 30.6 Å². The van der Waals surface area contributed by atoms with E-state index in [9.17, 15) is 54.2 Å². The van der Waals surface area contributed by atoms with Gasteiger partial charge < -0.3 is 25.2 Å². The largest absolute Gasteiger partial charge is 0.481 e. The van der Waals surface area contributed by atoms with Crippen LogP contribution in [0.25, 0.3) is 0 Å². The maximum Gasteiger partial charge on any atom is 0.433 e. The molecule has 0 unspecified atom stereocenters. The summed E-state index contributed by atoms with van der Waals surface area (Å²) < 4.78 is 130. The number of carboxylic acids is 1. The van der Waals surface area contributed by atoms with E-state index in [-0.39, 0.29) is 60.1 Å². The molecule has 300 valence electrons. The van der Waals surface area contributed by atoms with E-state index in [1.165, 1.54) is 12.3 Å². The van der Waals surface area contributed by atoms with Gasteiger partial charge in [0.1, 0.15) is 11.5 Å². The number of hydrogen-bond donors (Lipinski definition) is 3. The summed E-state index contributed by atoms with van der Waals surface area (Å²) in [5.74, 6) is -1.09. The number of rotatable bonds is 12. The maximum absolute atomic E-state index is 14.0. The number of hydrogen-bond acceptors (Lipinski definition) is 7. The molecule has 0 saturated carbocycles. The summed E-state index contributed by atoms with van der Waals surface area (Å²) in [7, 11) is 0. The zero-order chi connectivity index (χ0) is 40.3. The molecule has 1 amide bonds. The van der Waals surface area contributed by atoms with Gasteiger partial charge in [0.05, 0.1) is 59.2 Å². The first-order valence-corrected chi connectivity index (χ1v) is 17.4. The molecule has 2 aliphatic heterocycles. The Kier molecular flexibility index (Phi) is 12.1. The predicted molar refractivity (Wildman–Crippen MR) is 181 cm³/mol. The molecule has 2 atom stereocenters. The van der Waals surface area contributed by atoms with Crippen LogP contribution < -0.4 is 15.1 Å². The summed E-state index contributed by atoms with van der Waals surface area (Å²) in [5, 5.41) is 22.6. The highest BCUT2D eigenvalue weighted by molar-refractivity contribution is 5.90. The maximum atomic E-state index is 14.0. The Morgan fingerprint density at radius 1 is 0.909 bits per heavy atom. The Bertz CT molecular complexity index is 1830. The summed E-state index contributed by atoms with van der Waals surface area (Å²) >= 11 is 0. The number of pyridine rings is 2. The first-order valence-electron chi connectivity index (χ1n) is 17.4. The van der Waals surface area contributed by atoms with Gasteiger partial charge in [-0.15, -0.1) is 0 Å². The molecule has 0 aliphatic carbocycles. The van der Waals surface area contributed by atoms with Crippen LogP contribution in [0.2, 0.25) is 0 Å². The van der Waals surface area contributed by atoms with E-state index in [0.717, 1.165) is 11.0 Å². The number of nitrogens with one attached hydrogen (secondary N) is 1. The normalized spacial score (nSPS) is 19.3. The fourth-order valence-corrected chi connectivity index (χ4v) is 7.18. The number of nitrogens with zero attached hydrogens (tertiary/aromatic N) is 4. The van der Waals surface area contributed by atoms with Crippen molar-refractivity contribution in [3.63, 3.8) is 0 Å². The highest BCUT2D eigenvalue weighted by Gasteiger charge is 2.48. The van der Waals surface area contributed by atoms with Crippen LogP contribution in [-0.4, -0.2) is 64.1 Å². The molecule has 0 bridgehead atoms. The van der Waals surface area contributed by atoms with Gasteiger partial charge in [-0.05, 0) is 67.6 Å². The lowest BCUT2D eigenvalue weighted by molar-refractivity contribution is -0.143. The van der Waals surface area contributed by atoms with Crippen molar-refractivity contribution >= 4 is 29.3 Å². The van der Waals surface area contributed by atoms with E-state index >= 15 is 0 Å². The molecule has 1 aromatic carbocycles. The quantitative estimate of drug-likeness (QED) is 0.122. The van der Waals surface area contributed by atoms with E-state index in [4.69, 9.17) is 9.84 Å². The molecule has 55 heavy (non-hydrogen) atoms. The molecule has 0 radical (unpaired) electrons. The Labute approximate surface area is 309 Å². The van der Waals surface area contributed by atoms with E-state index in [1.54, 1.807) is 6.92 Å². The van der Waals surface area contributed by atoms with Crippen LogP contribution in [0.5, 0.6) is 0 Å². The van der Waals surface area contributed by atoms with Crippen LogP contribution >= 0.6 is 0 Å². The number of unbranched alkanes of at least 4 members (excludes halogenated alkanes) is 2. The number of morpholine rings is 1. The fraction of sp³-hybridized carbons (Fsp3) is 0.500. The van der Waals surface area contributed by atoms with Crippen molar-refractivity contribution < 1.29 is 64.1 Å². The molecule has 3 aromatic rings. The number of benzene rings is 1. The van der Waals surface area contributed by atoms with Gasteiger partial charge in [0, 0.05) is 31.5 Å². The first-order chi connectivity index (χ1) is 25.7. The van der Waals surface area contributed by atoms with Crippen molar-refractivity contribution in [3.8, 4) is 0 Å². The molecule has 5 rings (SSSR count). The van der Waals surface area contributed by atoms with Crippen molar-refractivity contribution in [2.75, 3.05) is 41.4 Å². The highest BCUT2D eigenvalue weighted by atomic mass is 19.4. The van der Waals surface area contributed by atoms with Crippen LogP contribution in [-0.2, 0) is 34.5 Å². The molecule has 3 N–H and O–H groups in total. The standard InChI is InChI=1S/C36H38F9N5O5/c1-2-33(9-5-3-4-6-29(51)52)19-26(30-27(50(33)32(53)54)7-8-28(48-30)36(43,44)45)47-31-22(17-25(20-46-31)49-10-12-55-13-11-49)14-21-15-23(34(37,38)39)18-24(16-21)35(40,41)42/h7-8,15-18,20,26H,2-6,9-14,19H2,1H3,(H,46,47)(H,51,52)(H,53,54)/t26-,33+/m0/s1. The summed E-state index contributed by atoms with van der Waals surface area (Å²) in [5.41, 5.74) is -5.88. The number of amides is 1. The molecule has 1 fully saturated rings. The monoisotopic (exact) mass is 791 g/mol. The lowest BCUT2D eigenvalue weighted by atomic mass is 9.77. The highest BCUT2D eigenvalue weighted by Crippen LogP contribution is 2.48. The molecule has 2 aromatic heterocycles. The Morgan fingerprint density at radius 2 is 1.56 bits per heavy atom. The number of alkyl halides is 9. The number of ether oxygens (including phenoxy) is 1. The van der Waals surface area contributed by atoms with Crippen molar-refractivity contribution in [1.82, 2.24) is 9.97 Å². The predicted octanol–water partition coefficient (Wildman–Crippen LogP) is 9.19. The smallest absolute Gasteiger partial charge is 0.433 e. The van der Waals surface area contributed by atoms with Crippen LogP contribution in [0.1, 0.15) is 91.6 Å². The first kappa shape index (κ1) is 41.4. The van der Waals surface area contributed by atoms with Gasteiger partial charge in [-0.25, -0.2) is 14.8 Å². The number of aliphatic carboxylic acids is 1. The molecular formula is C36H38F9N5O5. The molecule has 10 nitrogen and oxygen atoms in total. The zero-order valence-corrected chi connectivity index (χ0v) is 29.4. The fourth-order valence-electron chi connectivity index (χ4n) is 7.18. The van der Waals surface area contributed by atoms with Gasteiger partial charge in [-0.2, -0.15) is 39.5 Å². The Morgan fingerprint density at radius 3 is 2.13 bits per heavy atom. The average molecular weight is 792 g/mol. The van der Waals surface area contributed by atoms with Crippen molar-refractivity contribution in [2.24, 2.45) is 0 Å². The molecular weight excluding hydrogens is 753 g/mol. The second-order valence-electron chi connectivity index (χ2n) is 13.5. The third-order valence-corrected chi connectivity index (χ3v) is 9.89. The van der Waals surface area contributed by atoms with Gasteiger partial charge in [0.25, 0.3) is 0 Å². The second kappa shape index (κ2) is 16.1. The lowest BCUT2D eigenvalue weighted by Gasteiger charge is -2.49. The number of halogens is 9. The summed E-state index contributed by atoms with van der Waals surface area (Å²) in [6.45, 7) is 3.15. The van der Waals surface area contributed by atoms with E-state index in [2.05, 4.69) is 15.3 Å². The molecule has 19 heteroatoms. The third kappa shape index (κ3) is 9.71. The van der Waals surface area contributed by atoms with Crippen molar-refractivity contribution in [1.29, 1.82) is 0 Å². The summed E-state index contributed by atoms with van der Waals surface area (Å²) in [6.07, 6.45) is -14.6. The Hall–Kier alpha value is -4.81. The van der Waals surface area contributed by atoms with Crippen molar-refractivity contribution in [2.45, 2.75) is 88.4 Å². The number of aromatic nitrogens is 2. The summed E-state index contributed by atoms with van der Waals surface area (Å²) in [4.78, 5) is 35.1. The number of carboxylic acid groups (broad SMARTS) is 2. The molecule has 1 saturated heterocycles. The van der Waals surface area contributed by atoms with E-state index in [0.29, 0.717) is 69.5 Å². The molecule has 2 aliphatic rings. The minimum atomic E-state index is -5.12. The van der Waals surface area contributed by atoms with Gasteiger partial charge in [0.2, 0.25) is 0 Å². The topological polar surface area (TPSA) is 128 Å². The zero-order valence-electron chi connectivity index (χ0n) is 29.4. The van der Waals surface area contributed by atoms with Crippen molar-refractivity contribution in [3.05, 3.63) is 76.2 Å². The van der Waals surface area contributed by atoms with Crippen LogP contribution in [0, 0.1) is 0 Å². The second-order valence-corrected chi connectivity index (χ2v) is 13.5. The van der Waals surface area contributed by atoms with Crippen LogP contribution in [0.15, 0.2) is 42.6 Å². The van der Waals surface area contributed by atoms with Gasteiger partial charge in [-0.3, -0.25) is 9.69 Å². The van der Waals surface area contributed by atoms with E-state index < -0.39 is 65.4 Å². The number of carbonyl (C=O) groups is 2. The minimum Gasteiger partial charge on any atom is -0.481 e. The van der Waals surface area contributed by atoms with Gasteiger partial charge in [0.15, 0.2) is 0 Å². The number of anilines is 3. The third-order valence-electron chi connectivity index (χ3n) is 9.89. The number of fused-ring (bicyclic) bond motifs is 1. The molecule has 4 heterocycles. The summed E-state index contributed by atoms with van der Waals surface area (Å²) in [6, 6.07) is 3.18. The molecule has 0 spiro atoms.